The van der Waals surface area contributed by atoms with E-state index in [4.69, 9.17) is 15.6 Å². The molecule has 230 valence electrons. The maximum atomic E-state index is 14.6. The molecule has 2 aliphatic rings. The predicted octanol–water partition coefficient (Wildman–Crippen LogP) is 3.29. The molecule has 12 nitrogen and oxygen atoms in total. The number of hydrogen-bond donors (Lipinski definition) is 4. The van der Waals surface area contributed by atoms with Gasteiger partial charge in [0.2, 0.25) is 17.9 Å². The maximum absolute atomic E-state index is 14.6. The Balaban J connectivity index is 1.41. The van der Waals surface area contributed by atoms with Gasteiger partial charge in [0.05, 0.1) is 11.4 Å². The molecule has 5 rings (SSSR count). The van der Waals surface area contributed by atoms with Crippen LogP contribution in [0.3, 0.4) is 0 Å². The molecule has 2 atom stereocenters. The number of benzene rings is 1. The van der Waals surface area contributed by atoms with Crippen molar-refractivity contribution in [1.82, 2.24) is 25.1 Å². The van der Waals surface area contributed by atoms with Gasteiger partial charge in [0.15, 0.2) is 0 Å². The Morgan fingerprint density at radius 2 is 1.93 bits per heavy atom. The molecule has 4 heterocycles. The molecule has 2 aliphatic heterocycles. The summed E-state index contributed by atoms with van der Waals surface area (Å²) < 4.78 is 50.6. The summed E-state index contributed by atoms with van der Waals surface area (Å²) in [7, 11) is 0. The van der Waals surface area contributed by atoms with E-state index in [1.165, 1.54) is 35.1 Å². The number of aromatic nitrogens is 4. The number of nitrogens with one attached hydrogen (secondary N) is 1. The second-order valence-corrected chi connectivity index (χ2v) is 11.1. The zero-order chi connectivity index (χ0) is 30.9. The number of aliphatic carboxylic acids is 2. The Kier molecular flexibility index (Phi) is 8.18. The first-order chi connectivity index (χ1) is 20.3. The number of nitrogen functional groups attached to an aromatic ring is 1. The fourth-order valence-electron chi connectivity index (χ4n) is 5.73. The quantitative estimate of drug-likeness (QED) is 0.283. The molecule has 0 amide bonds. The number of halogens is 3. The summed E-state index contributed by atoms with van der Waals surface area (Å²) in [6.07, 6.45) is -4.00. The molecule has 0 saturated carbocycles. The molecule has 1 spiro atoms. The summed E-state index contributed by atoms with van der Waals surface area (Å²) in [6.45, 7) is 3.29. The van der Waals surface area contributed by atoms with Gasteiger partial charge in [-0.3, -0.25) is 9.59 Å². The second-order valence-electron chi connectivity index (χ2n) is 11.1. The number of carboxylic acid groups (broad SMARTS) is 2. The van der Waals surface area contributed by atoms with E-state index >= 15 is 0 Å². The molecule has 0 radical (unpaired) electrons. The summed E-state index contributed by atoms with van der Waals surface area (Å²) in [5.41, 5.74) is 6.69. The van der Waals surface area contributed by atoms with E-state index in [0.29, 0.717) is 56.0 Å². The summed E-state index contributed by atoms with van der Waals surface area (Å²) in [5, 5.41) is 25.7. The summed E-state index contributed by atoms with van der Waals surface area (Å²) in [4.78, 5) is 32.5. The molecule has 1 unspecified atom stereocenters. The Hall–Kier alpha value is -4.40. The number of carboxylic acids is 2. The highest BCUT2D eigenvalue weighted by Gasteiger charge is 2.46. The first kappa shape index (κ1) is 30.1. The first-order valence-electron chi connectivity index (χ1n) is 13.8. The maximum Gasteiger partial charge on any atom is 0.429 e. The predicted molar refractivity (Wildman–Crippen MR) is 148 cm³/mol. The highest BCUT2D eigenvalue weighted by atomic mass is 19.4. The van der Waals surface area contributed by atoms with Crippen LogP contribution in [0.1, 0.15) is 48.6 Å². The van der Waals surface area contributed by atoms with Crippen LogP contribution in [0.5, 0.6) is 5.88 Å². The van der Waals surface area contributed by atoms with Gasteiger partial charge >= 0.3 is 18.1 Å². The average Bonchev–Trinajstić information content (AvgIpc) is 3.57. The molecule has 3 aromatic rings. The lowest BCUT2D eigenvalue weighted by Gasteiger charge is -2.39. The van der Waals surface area contributed by atoms with E-state index in [-0.39, 0.29) is 41.3 Å². The molecule has 43 heavy (non-hydrogen) atoms. The van der Waals surface area contributed by atoms with E-state index < -0.39 is 30.3 Å². The minimum atomic E-state index is -4.87. The normalized spacial score (nSPS) is 19.0. The number of nitrogens with two attached hydrogens (primary N) is 1. The Morgan fingerprint density at radius 1 is 1.19 bits per heavy atom. The van der Waals surface area contributed by atoms with Crippen molar-refractivity contribution in [3.8, 4) is 11.6 Å². The molecular formula is C28H32F3N7O5. The van der Waals surface area contributed by atoms with Gasteiger partial charge in [-0.15, -0.1) is 0 Å². The van der Waals surface area contributed by atoms with E-state index in [1.807, 2.05) is 4.90 Å². The van der Waals surface area contributed by atoms with Gasteiger partial charge in [0.1, 0.15) is 11.9 Å². The lowest BCUT2D eigenvalue weighted by molar-refractivity contribution is -0.198. The SMILES string of the molecule is Cc1ccn(-c2cc(CCC(=O)O)ccc2[C@@H](Oc2cc(N3CCC4(CC3)CNC(C(=O)O)C4)nc(N)n2)C(F)(F)F)n1. The highest BCUT2D eigenvalue weighted by molar-refractivity contribution is 5.74. The number of carbonyl (C=O) groups is 2. The molecule has 0 aliphatic carbocycles. The fraction of sp³-hybridized carbons (Fsp3) is 0.464. The first-order valence-corrected chi connectivity index (χ1v) is 13.8. The second kappa shape index (κ2) is 11.7. The molecule has 2 saturated heterocycles. The third-order valence-electron chi connectivity index (χ3n) is 8.02. The largest absolute Gasteiger partial charge is 0.481 e. The van der Waals surface area contributed by atoms with Crippen molar-refractivity contribution in [3.05, 3.63) is 53.3 Å². The Morgan fingerprint density at radius 3 is 2.53 bits per heavy atom. The Labute approximate surface area is 244 Å². The van der Waals surface area contributed by atoms with Crippen molar-refractivity contribution in [3.63, 3.8) is 0 Å². The van der Waals surface area contributed by atoms with Crippen LogP contribution in [0, 0.1) is 12.3 Å². The molecule has 2 fully saturated rings. The molecule has 15 heteroatoms. The van der Waals surface area contributed by atoms with Crippen molar-refractivity contribution >= 4 is 23.7 Å². The van der Waals surface area contributed by atoms with Crippen LogP contribution in [0.25, 0.3) is 5.69 Å². The number of piperidine rings is 1. The molecular weight excluding hydrogens is 571 g/mol. The average molecular weight is 604 g/mol. The summed E-state index contributed by atoms with van der Waals surface area (Å²) in [6, 6.07) is 6.54. The van der Waals surface area contributed by atoms with Crippen molar-refractivity contribution in [2.24, 2.45) is 5.41 Å². The zero-order valence-electron chi connectivity index (χ0n) is 23.3. The van der Waals surface area contributed by atoms with Crippen molar-refractivity contribution in [2.45, 2.75) is 57.3 Å². The van der Waals surface area contributed by atoms with Crippen LogP contribution in [-0.2, 0) is 16.0 Å². The smallest absolute Gasteiger partial charge is 0.429 e. The minimum Gasteiger partial charge on any atom is -0.481 e. The van der Waals surface area contributed by atoms with Crippen molar-refractivity contribution < 1.29 is 37.7 Å². The minimum absolute atomic E-state index is 0.0896. The van der Waals surface area contributed by atoms with Gasteiger partial charge < -0.3 is 30.9 Å². The van der Waals surface area contributed by atoms with Gasteiger partial charge in [-0.25, -0.2) is 4.68 Å². The lowest BCUT2D eigenvalue weighted by Crippen LogP contribution is -2.41. The monoisotopic (exact) mass is 603 g/mol. The van der Waals surface area contributed by atoms with Crippen LogP contribution in [0.2, 0.25) is 0 Å². The van der Waals surface area contributed by atoms with Crippen molar-refractivity contribution in [2.75, 3.05) is 30.3 Å². The van der Waals surface area contributed by atoms with Crippen LogP contribution >= 0.6 is 0 Å². The summed E-state index contributed by atoms with van der Waals surface area (Å²) >= 11 is 0. The number of ether oxygens (including phenoxy) is 1. The van der Waals surface area contributed by atoms with Gasteiger partial charge in [-0.05, 0) is 55.7 Å². The fourth-order valence-corrected chi connectivity index (χ4v) is 5.73. The molecule has 2 aromatic heterocycles. The molecule has 1 aromatic carbocycles. The van der Waals surface area contributed by atoms with Crippen LogP contribution in [0.15, 0.2) is 36.5 Å². The number of rotatable bonds is 9. The standard InChI is InChI=1S/C28H32F3N7O5/c1-16-6-9-38(36-16)20-12-17(3-5-23(39)40)2-4-18(20)24(28(29,30)31)43-22-13-21(34-26(32)35-22)37-10-7-27(8-11-37)14-19(25(41)42)33-15-27/h2,4,6,9,12-13,19,24,33H,3,5,7-8,10-11,14-15H2,1H3,(H,39,40)(H,41,42)(H2,32,34,35)/t19?,24-/m1/s1. The van der Waals surface area contributed by atoms with E-state index in [2.05, 4.69) is 20.4 Å². The number of anilines is 2. The van der Waals surface area contributed by atoms with Gasteiger partial charge in [-0.2, -0.15) is 28.2 Å². The number of alkyl halides is 3. The molecule has 5 N–H and O–H groups in total. The number of aryl methyl sites for hydroxylation is 2. The van der Waals surface area contributed by atoms with Crippen LogP contribution in [0.4, 0.5) is 24.9 Å². The number of hydrogen-bond acceptors (Lipinski definition) is 9. The lowest BCUT2D eigenvalue weighted by atomic mass is 9.76. The van der Waals surface area contributed by atoms with E-state index in [1.54, 1.807) is 13.0 Å². The van der Waals surface area contributed by atoms with E-state index in [0.717, 1.165) is 0 Å². The zero-order valence-corrected chi connectivity index (χ0v) is 23.3. The summed E-state index contributed by atoms with van der Waals surface area (Å²) in [5.74, 6) is -2.22. The Bertz CT molecular complexity index is 1500. The van der Waals surface area contributed by atoms with E-state index in [9.17, 15) is 27.9 Å². The number of nitrogens with zero attached hydrogens (tertiary/aromatic N) is 5. The third-order valence-corrected chi connectivity index (χ3v) is 8.02. The third kappa shape index (κ3) is 6.82. The van der Waals surface area contributed by atoms with Gasteiger partial charge in [0, 0.05) is 43.9 Å². The highest BCUT2D eigenvalue weighted by Crippen LogP contribution is 2.42. The van der Waals surface area contributed by atoms with Gasteiger partial charge in [0.25, 0.3) is 0 Å². The molecule has 0 bridgehead atoms. The van der Waals surface area contributed by atoms with Gasteiger partial charge in [-0.1, -0.05) is 12.1 Å². The van der Waals surface area contributed by atoms with Crippen LogP contribution in [-0.4, -0.2) is 73.8 Å². The topological polar surface area (TPSA) is 169 Å². The van der Waals surface area contributed by atoms with Crippen molar-refractivity contribution in [1.29, 1.82) is 0 Å². The van der Waals surface area contributed by atoms with Crippen LogP contribution < -0.4 is 20.7 Å².